The molecule has 5 aromatic rings. The van der Waals surface area contributed by atoms with Crippen LogP contribution >= 0.6 is 11.7 Å². The number of ether oxygens (including phenoxy) is 3. The van der Waals surface area contributed by atoms with Crippen molar-refractivity contribution in [1.82, 2.24) is 13.3 Å². The molecule has 0 saturated carbocycles. The summed E-state index contributed by atoms with van der Waals surface area (Å²) < 4.78 is 27.2. The van der Waals surface area contributed by atoms with Gasteiger partial charge >= 0.3 is 5.97 Å². The van der Waals surface area contributed by atoms with Gasteiger partial charge in [0.2, 0.25) is 12.7 Å². The van der Waals surface area contributed by atoms with E-state index >= 15 is 0 Å². The van der Waals surface area contributed by atoms with E-state index in [4.69, 9.17) is 14.2 Å². The third-order valence-corrected chi connectivity index (χ3v) is 6.73. The van der Waals surface area contributed by atoms with Crippen LogP contribution in [-0.2, 0) is 16.1 Å². The fourth-order valence-corrected chi connectivity index (χ4v) is 5.18. The van der Waals surface area contributed by atoms with Crippen LogP contribution in [-0.4, -0.2) is 38.6 Å². The molecule has 2 aromatic heterocycles. The van der Waals surface area contributed by atoms with Crippen molar-refractivity contribution in [3.8, 4) is 22.6 Å². The molecule has 6 rings (SSSR count). The Balaban J connectivity index is 1.60. The summed E-state index contributed by atoms with van der Waals surface area (Å²) in [5.74, 6) is 0.743. The fourth-order valence-electron chi connectivity index (χ4n) is 4.66. The summed E-state index contributed by atoms with van der Waals surface area (Å²) in [4.78, 5) is 25.3. The Morgan fingerprint density at radius 1 is 1.03 bits per heavy atom. The van der Waals surface area contributed by atoms with Crippen molar-refractivity contribution in [2.45, 2.75) is 20.4 Å². The van der Waals surface area contributed by atoms with Crippen LogP contribution in [0.2, 0.25) is 0 Å². The molecule has 0 spiro atoms. The van der Waals surface area contributed by atoms with Crippen LogP contribution < -0.4 is 14.8 Å². The molecular formula is C27H22N4O5S. The Bertz CT molecular complexity index is 1690. The molecular weight excluding hydrogens is 492 g/mol. The van der Waals surface area contributed by atoms with Gasteiger partial charge in [-0.15, -0.1) is 0 Å². The number of amides is 1. The first kappa shape index (κ1) is 23.0. The van der Waals surface area contributed by atoms with E-state index in [1.165, 1.54) is 6.92 Å². The van der Waals surface area contributed by atoms with Crippen molar-refractivity contribution in [3.05, 3.63) is 65.9 Å². The van der Waals surface area contributed by atoms with Crippen LogP contribution in [0.25, 0.3) is 33.1 Å². The van der Waals surface area contributed by atoms with Gasteiger partial charge in [-0.2, -0.15) is 8.75 Å². The molecule has 1 aliphatic rings. The molecule has 10 heteroatoms. The van der Waals surface area contributed by atoms with Crippen molar-refractivity contribution in [2.75, 3.05) is 18.7 Å². The van der Waals surface area contributed by atoms with Crippen LogP contribution in [0, 0.1) is 0 Å². The second kappa shape index (κ2) is 9.21. The Hall–Kier alpha value is -4.44. The molecule has 186 valence electrons. The van der Waals surface area contributed by atoms with Crippen molar-refractivity contribution < 1.29 is 23.8 Å². The highest BCUT2D eigenvalue weighted by Crippen LogP contribution is 2.39. The molecule has 37 heavy (non-hydrogen) atoms. The van der Waals surface area contributed by atoms with Crippen LogP contribution in [0.1, 0.15) is 29.9 Å². The Morgan fingerprint density at radius 2 is 1.86 bits per heavy atom. The van der Waals surface area contributed by atoms with Gasteiger partial charge < -0.3 is 24.1 Å². The zero-order valence-corrected chi connectivity index (χ0v) is 20.9. The Kier molecular flexibility index (Phi) is 5.72. The van der Waals surface area contributed by atoms with Crippen LogP contribution in [0.5, 0.6) is 11.5 Å². The lowest BCUT2D eigenvalue weighted by Gasteiger charge is -2.12. The van der Waals surface area contributed by atoms with Crippen molar-refractivity contribution >= 4 is 51.2 Å². The molecule has 1 aliphatic heterocycles. The predicted molar refractivity (Wildman–Crippen MR) is 140 cm³/mol. The number of fused-ring (bicyclic) bond motifs is 3. The van der Waals surface area contributed by atoms with E-state index in [9.17, 15) is 9.59 Å². The number of nitrogens with zero attached hydrogens (tertiary/aromatic N) is 3. The van der Waals surface area contributed by atoms with Gasteiger partial charge in [-0.25, -0.2) is 4.79 Å². The SMILES string of the molecule is CCOC(=O)c1c(-c2ccc3nsnc3c2)c2cc(NC(C)=O)ccc2n1Cc1ccc2c(c1)OCO2. The van der Waals surface area contributed by atoms with E-state index in [-0.39, 0.29) is 19.3 Å². The van der Waals surface area contributed by atoms with Gasteiger partial charge in [-0.3, -0.25) is 4.79 Å². The first-order chi connectivity index (χ1) is 18.0. The lowest BCUT2D eigenvalue weighted by Crippen LogP contribution is -2.14. The Labute approximate surface area is 215 Å². The Morgan fingerprint density at radius 3 is 2.70 bits per heavy atom. The summed E-state index contributed by atoms with van der Waals surface area (Å²) in [6, 6.07) is 17.1. The van der Waals surface area contributed by atoms with Crippen LogP contribution in [0.15, 0.2) is 54.6 Å². The maximum atomic E-state index is 13.5. The predicted octanol–water partition coefficient (Wildman–Crippen LogP) is 5.23. The number of rotatable bonds is 6. The fraction of sp³-hybridized carbons (Fsp3) is 0.185. The number of esters is 1. The molecule has 3 heterocycles. The van der Waals surface area contributed by atoms with E-state index in [2.05, 4.69) is 14.1 Å². The molecule has 0 atom stereocenters. The van der Waals surface area contributed by atoms with Gasteiger partial charge in [0.05, 0.1) is 18.3 Å². The lowest BCUT2D eigenvalue weighted by atomic mass is 10.0. The molecule has 0 fully saturated rings. The van der Waals surface area contributed by atoms with Gasteiger partial charge in [-0.05, 0) is 60.5 Å². The van der Waals surface area contributed by atoms with E-state index in [0.717, 1.165) is 44.8 Å². The third kappa shape index (κ3) is 4.15. The average Bonchev–Trinajstić information content (AvgIpc) is 3.60. The highest BCUT2D eigenvalue weighted by Gasteiger charge is 2.26. The summed E-state index contributed by atoms with van der Waals surface area (Å²) in [5, 5.41) is 3.65. The summed E-state index contributed by atoms with van der Waals surface area (Å²) >= 11 is 1.14. The standard InChI is InChI=1S/C27H22N4O5S/c1-3-34-27(33)26-25(17-5-7-20-21(11-17)30-37-29-20)19-12-18(28-15(2)32)6-8-22(19)31(26)13-16-4-9-23-24(10-16)36-14-35-23/h4-12H,3,13-14H2,1-2H3,(H,28,32). The highest BCUT2D eigenvalue weighted by atomic mass is 32.1. The molecule has 0 unspecified atom stereocenters. The van der Waals surface area contributed by atoms with Gasteiger partial charge in [0.15, 0.2) is 11.5 Å². The van der Waals surface area contributed by atoms with Gasteiger partial charge in [0, 0.05) is 35.6 Å². The van der Waals surface area contributed by atoms with Gasteiger partial charge in [-0.1, -0.05) is 12.1 Å². The largest absolute Gasteiger partial charge is 0.461 e. The molecule has 1 N–H and O–H groups in total. The monoisotopic (exact) mass is 514 g/mol. The van der Waals surface area contributed by atoms with E-state index in [1.54, 1.807) is 6.92 Å². The van der Waals surface area contributed by atoms with Gasteiger partial charge in [0.25, 0.3) is 0 Å². The van der Waals surface area contributed by atoms with E-state index in [0.29, 0.717) is 35.0 Å². The smallest absolute Gasteiger partial charge is 0.355 e. The first-order valence-electron chi connectivity index (χ1n) is 11.7. The quantitative estimate of drug-likeness (QED) is 0.310. The molecule has 0 saturated heterocycles. The lowest BCUT2D eigenvalue weighted by molar-refractivity contribution is -0.114. The average molecular weight is 515 g/mol. The number of aromatic nitrogens is 3. The summed E-state index contributed by atoms with van der Waals surface area (Å²) in [6.45, 7) is 4.05. The number of carbonyl (C=O) groups is 2. The number of benzene rings is 3. The normalized spacial score (nSPS) is 12.3. The van der Waals surface area contributed by atoms with E-state index < -0.39 is 5.97 Å². The number of nitrogens with one attached hydrogen (secondary N) is 1. The van der Waals surface area contributed by atoms with Crippen molar-refractivity contribution in [1.29, 1.82) is 0 Å². The number of hydrogen-bond acceptors (Lipinski definition) is 8. The second-order valence-corrected chi connectivity index (χ2v) is 9.13. The van der Waals surface area contributed by atoms with E-state index in [1.807, 2.05) is 59.2 Å². The third-order valence-electron chi connectivity index (χ3n) is 6.17. The van der Waals surface area contributed by atoms with Crippen molar-refractivity contribution in [3.63, 3.8) is 0 Å². The molecule has 0 aliphatic carbocycles. The number of anilines is 1. The number of hydrogen-bond donors (Lipinski definition) is 1. The minimum absolute atomic E-state index is 0.179. The minimum Gasteiger partial charge on any atom is -0.461 e. The van der Waals surface area contributed by atoms with Crippen LogP contribution in [0.3, 0.4) is 0 Å². The molecule has 0 radical (unpaired) electrons. The molecule has 1 amide bonds. The highest BCUT2D eigenvalue weighted by molar-refractivity contribution is 7.00. The molecule has 9 nitrogen and oxygen atoms in total. The van der Waals surface area contributed by atoms with Crippen molar-refractivity contribution in [2.24, 2.45) is 0 Å². The summed E-state index contributed by atoms with van der Waals surface area (Å²) in [7, 11) is 0. The zero-order chi connectivity index (χ0) is 25.5. The minimum atomic E-state index is -0.438. The zero-order valence-electron chi connectivity index (χ0n) is 20.1. The summed E-state index contributed by atoms with van der Waals surface area (Å²) in [6.07, 6.45) is 0. The summed E-state index contributed by atoms with van der Waals surface area (Å²) in [5.41, 5.74) is 5.84. The first-order valence-corrected chi connectivity index (χ1v) is 12.5. The maximum Gasteiger partial charge on any atom is 0.355 e. The maximum absolute atomic E-state index is 13.5. The topological polar surface area (TPSA) is 105 Å². The molecule has 3 aromatic carbocycles. The second-order valence-electron chi connectivity index (χ2n) is 8.60. The van der Waals surface area contributed by atoms with Gasteiger partial charge in [0.1, 0.15) is 16.7 Å². The van der Waals surface area contributed by atoms with Crippen LogP contribution in [0.4, 0.5) is 5.69 Å². The molecule has 0 bridgehead atoms. The number of carbonyl (C=O) groups excluding carboxylic acids is 2.